The lowest BCUT2D eigenvalue weighted by atomic mass is 9.86. The van der Waals surface area contributed by atoms with Crippen LogP contribution in [-0.4, -0.2) is 23.9 Å². The highest BCUT2D eigenvalue weighted by Crippen LogP contribution is 2.26. The maximum atomic E-state index is 12.3. The highest BCUT2D eigenvalue weighted by Gasteiger charge is 2.24. The minimum absolute atomic E-state index is 0.199. The first-order chi connectivity index (χ1) is 9.06. The average molecular weight is 260 g/mol. The third-order valence-corrected chi connectivity index (χ3v) is 4.23. The Morgan fingerprint density at radius 3 is 2.63 bits per heavy atom. The molecule has 3 heteroatoms. The normalized spacial score (nSPS) is 23.1. The molecule has 0 atom stereocenters. The van der Waals surface area contributed by atoms with Crippen LogP contribution in [0.2, 0.25) is 0 Å². The number of nitrogens with two attached hydrogens (primary N) is 1. The third-order valence-electron chi connectivity index (χ3n) is 4.23. The molecule has 2 rings (SSSR count). The van der Waals surface area contributed by atoms with Gasteiger partial charge in [-0.15, -0.1) is 0 Å². The molecule has 1 aromatic carbocycles. The van der Waals surface area contributed by atoms with E-state index in [0.29, 0.717) is 12.5 Å². The van der Waals surface area contributed by atoms with Gasteiger partial charge in [0.25, 0.3) is 0 Å². The number of amides is 1. The quantitative estimate of drug-likeness (QED) is 0.849. The summed E-state index contributed by atoms with van der Waals surface area (Å²) in [4.78, 5) is 14.2. The SMILES string of the molecule is CC1CCC(N(C)C(=O)Cc2cccc(N)c2)CC1. The van der Waals surface area contributed by atoms with Crippen LogP contribution >= 0.6 is 0 Å². The lowest BCUT2D eigenvalue weighted by Gasteiger charge is -2.33. The van der Waals surface area contributed by atoms with Gasteiger partial charge in [-0.2, -0.15) is 0 Å². The van der Waals surface area contributed by atoms with Crippen LogP contribution in [0.25, 0.3) is 0 Å². The number of rotatable bonds is 3. The fourth-order valence-electron chi connectivity index (χ4n) is 2.84. The number of nitrogen functional groups attached to an aromatic ring is 1. The lowest BCUT2D eigenvalue weighted by Crippen LogP contribution is -2.40. The Morgan fingerprint density at radius 1 is 1.32 bits per heavy atom. The summed E-state index contributed by atoms with van der Waals surface area (Å²) in [6, 6.07) is 8.02. The first-order valence-electron chi connectivity index (χ1n) is 7.16. The number of nitrogens with zero attached hydrogens (tertiary/aromatic N) is 1. The van der Waals surface area contributed by atoms with Crippen molar-refractivity contribution in [2.75, 3.05) is 12.8 Å². The second-order valence-corrected chi connectivity index (χ2v) is 5.84. The number of likely N-dealkylation sites (N-methyl/N-ethyl adjacent to an activating group) is 1. The summed E-state index contributed by atoms with van der Waals surface area (Å²) in [5.74, 6) is 1.01. The van der Waals surface area contributed by atoms with Crippen molar-refractivity contribution in [1.29, 1.82) is 0 Å². The van der Waals surface area contributed by atoms with Crippen LogP contribution in [0.15, 0.2) is 24.3 Å². The molecule has 0 unspecified atom stereocenters. The monoisotopic (exact) mass is 260 g/mol. The van der Waals surface area contributed by atoms with Gasteiger partial charge in [-0.3, -0.25) is 4.79 Å². The Balaban J connectivity index is 1.92. The van der Waals surface area contributed by atoms with Crippen molar-refractivity contribution in [2.45, 2.75) is 45.1 Å². The molecule has 1 aliphatic rings. The Labute approximate surface area is 115 Å². The van der Waals surface area contributed by atoms with Crippen molar-refractivity contribution in [3.8, 4) is 0 Å². The molecule has 104 valence electrons. The first kappa shape index (κ1) is 13.9. The van der Waals surface area contributed by atoms with Crippen LogP contribution < -0.4 is 5.73 Å². The minimum Gasteiger partial charge on any atom is -0.399 e. The van der Waals surface area contributed by atoms with Crippen molar-refractivity contribution < 1.29 is 4.79 Å². The molecular weight excluding hydrogens is 236 g/mol. The van der Waals surface area contributed by atoms with E-state index < -0.39 is 0 Å². The van der Waals surface area contributed by atoms with Crippen molar-refractivity contribution in [3.63, 3.8) is 0 Å². The number of carbonyl (C=O) groups excluding carboxylic acids is 1. The van der Waals surface area contributed by atoms with E-state index in [0.717, 1.165) is 30.0 Å². The zero-order chi connectivity index (χ0) is 13.8. The van der Waals surface area contributed by atoms with Gasteiger partial charge in [0.2, 0.25) is 5.91 Å². The largest absolute Gasteiger partial charge is 0.399 e. The summed E-state index contributed by atoms with van der Waals surface area (Å²) in [6.45, 7) is 2.30. The Morgan fingerprint density at radius 2 is 2.00 bits per heavy atom. The molecule has 0 spiro atoms. The molecular formula is C16H24N2O. The van der Waals surface area contributed by atoms with E-state index in [-0.39, 0.29) is 5.91 Å². The van der Waals surface area contributed by atoms with Crippen LogP contribution in [0.1, 0.15) is 38.2 Å². The Kier molecular flexibility index (Phi) is 4.46. The van der Waals surface area contributed by atoms with E-state index >= 15 is 0 Å². The summed E-state index contributed by atoms with van der Waals surface area (Å²) in [7, 11) is 1.94. The molecule has 3 nitrogen and oxygen atoms in total. The topological polar surface area (TPSA) is 46.3 Å². The number of carbonyl (C=O) groups is 1. The van der Waals surface area contributed by atoms with Gasteiger partial charge >= 0.3 is 0 Å². The second-order valence-electron chi connectivity index (χ2n) is 5.84. The molecule has 0 radical (unpaired) electrons. The molecule has 1 aliphatic carbocycles. The smallest absolute Gasteiger partial charge is 0.226 e. The Hall–Kier alpha value is -1.51. The van der Waals surface area contributed by atoms with Crippen molar-refractivity contribution in [1.82, 2.24) is 4.90 Å². The summed E-state index contributed by atoms with van der Waals surface area (Å²) in [5, 5.41) is 0. The zero-order valence-electron chi connectivity index (χ0n) is 11.9. The van der Waals surface area contributed by atoms with Crippen LogP contribution in [0, 0.1) is 5.92 Å². The molecule has 0 bridgehead atoms. The van der Waals surface area contributed by atoms with Gasteiger partial charge in [0.05, 0.1) is 6.42 Å². The van der Waals surface area contributed by atoms with Crippen LogP contribution in [0.3, 0.4) is 0 Å². The van der Waals surface area contributed by atoms with Crippen LogP contribution in [-0.2, 0) is 11.2 Å². The van der Waals surface area contributed by atoms with Gasteiger partial charge in [0.15, 0.2) is 0 Å². The van der Waals surface area contributed by atoms with Crippen LogP contribution in [0.4, 0.5) is 5.69 Å². The fraction of sp³-hybridized carbons (Fsp3) is 0.562. The molecule has 0 saturated heterocycles. The summed E-state index contributed by atoms with van der Waals surface area (Å²) >= 11 is 0. The molecule has 1 aromatic rings. The maximum absolute atomic E-state index is 12.3. The molecule has 0 aliphatic heterocycles. The van der Waals surface area contributed by atoms with E-state index in [1.807, 2.05) is 36.2 Å². The molecule has 0 heterocycles. The highest BCUT2D eigenvalue weighted by atomic mass is 16.2. The molecule has 1 saturated carbocycles. The summed E-state index contributed by atoms with van der Waals surface area (Å²) in [6.07, 6.45) is 5.20. The van der Waals surface area contributed by atoms with Gasteiger partial charge in [-0.05, 0) is 49.3 Å². The van der Waals surface area contributed by atoms with Gasteiger partial charge in [0, 0.05) is 18.8 Å². The Bertz CT molecular complexity index is 436. The van der Waals surface area contributed by atoms with Gasteiger partial charge in [-0.25, -0.2) is 0 Å². The van der Waals surface area contributed by atoms with Gasteiger partial charge in [-0.1, -0.05) is 19.1 Å². The number of anilines is 1. The minimum atomic E-state index is 0.199. The van der Waals surface area contributed by atoms with Crippen molar-refractivity contribution in [3.05, 3.63) is 29.8 Å². The van der Waals surface area contributed by atoms with E-state index in [4.69, 9.17) is 5.73 Å². The molecule has 2 N–H and O–H groups in total. The lowest BCUT2D eigenvalue weighted by molar-refractivity contribution is -0.132. The standard InChI is InChI=1S/C16H24N2O/c1-12-6-8-15(9-7-12)18(2)16(19)11-13-4-3-5-14(17)10-13/h3-5,10,12,15H,6-9,11,17H2,1-2H3. The van der Waals surface area contributed by atoms with Crippen molar-refractivity contribution in [2.24, 2.45) is 5.92 Å². The predicted octanol–water partition coefficient (Wildman–Crippen LogP) is 2.85. The van der Waals surface area contributed by atoms with Crippen LogP contribution in [0.5, 0.6) is 0 Å². The molecule has 1 amide bonds. The number of hydrogen-bond acceptors (Lipinski definition) is 2. The fourth-order valence-corrected chi connectivity index (χ4v) is 2.84. The van der Waals surface area contributed by atoms with Crippen molar-refractivity contribution >= 4 is 11.6 Å². The van der Waals surface area contributed by atoms with Gasteiger partial charge in [0.1, 0.15) is 0 Å². The van der Waals surface area contributed by atoms with E-state index in [1.54, 1.807) is 0 Å². The number of hydrogen-bond donors (Lipinski definition) is 1. The summed E-state index contributed by atoms with van der Waals surface area (Å²) < 4.78 is 0. The predicted molar refractivity (Wildman–Crippen MR) is 78.7 cm³/mol. The highest BCUT2D eigenvalue weighted by molar-refractivity contribution is 5.79. The molecule has 19 heavy (non-hydrogen) atoms. The second kappa shape index (κ2) is 6.09. The maximum Gasteiger partial charge on any atom is 0.226 e. The molecule has 0 aromatic heterocycles. The molecule has 1 fully saturated rings. The average Bonchev–Trinajstić information content (AvgIpc) is 2.39. The van der Waals surface area contributed by atoms with E-state index in [9.17, 15) is 4.79 Å². The first-order valence-corrected chi connectivity index (χ1v) is 7.16. The third kappa shape index (κ3) is 3.72. The number of benzene rings is 1. The van der Waals surface area contributed by atoms with E-state index in [1.165, 1.54) is 12.8 Å². The van der Waals surface area contributed by atoms with Gasteiger partial charge < -0.3 is 10.6 Å². The summed E-state index contributed by atoms with van der Waals surface area (Å²) in [5.41, 5.74) is 7.47. The zero-order valence-corrected chi connectivity index (χ0v) is 11.9. The van der Waals surface area contributed by atoms with E-state index in [2.05, 4.69) is 6.92 Å².